The Morgan fingerprint density at radius 2 is 1.91 bits per heavy atom. The van der Waals surface area contributed by atoms with Gasteiger partial charge in [-0.15, -0.1) is 6.42 Å². The van der Waals surface area contributed by atoms with Gasteiger partial charge in [-0.2, -0.15) is 18.3 Å². The van der Waals surface area contributed by atoms with Gasteiger partial charge in [0.15, 0.2) is 22.8 Å². The van der Waals surface area contributed by atoms with Crippen molar-refractivity contribution in [3.8, 4) is 35.1 Å². The molecule has 0 bridgehead atoms. The Balaban J connectivity index is 2.21. The Morgan fingerprint density at radius 1 is 1.22 bits per heavy atom. The molecule has 0 unspecified atom stereocenters. The molecule has 0 aliphatic rings. The van der Waals surface area contributed by atoms with E-state index >= 15 is 0 Å². The molecule has 1 aromatic carbocycles. The second-order valence-electron chi connectivity index (χ2n) is 7.17. The van der Waals surface area contributed by atoms with Crippen molar-refractivity contribution in [1.29, 1.82) is 0 Å². The van der Waals surface area contributed by atoms with Gasteiger partial charge in [-0.3, -0.25) is 4.79 Å². The Labute approximate surface area is 182 Å². The summed E-state index contributed by atoms with van der Waals surface area (Å²) in [6.45, 7) is 3.42. The van der Waals surface area contributed by atoms with Crippen molar-refractivity contribution < 1.29 is 27.4 Å². The molecule has 32 heavy (non-hydrogen) atoms. The van der Waals surface area contributed by atoms with Crippen LogP contribution in [0.25, 0.3) is 16.9 Å². The number of hydrogen-bond acceptors (Lipinski definition) is 5. The van der Waals surface area contributed by atoms with Gasteiger partial charge in [0.05, 0.1) is 31.6 Å². The molecule has 1 amide bonds. The van der Waals surface area contributed by atoms with Crippen LogP contribution < -0.4 is 14.8 Å². The number of halogens is 3. The molecule has 7 nitrogen and oxygen atoms in total. The van der Waals surface area contributed by atoms with Gasteiger partial charge in [-0.25, -0.2) is 9.50 Å². The van der Waals surface area contributed by atoms with E-state index in [1.165, 1.54) is 20.3 Å². The zero-order chi connectivity index (χ0) is 23.7. The smallest absolute Gasteiger partial charge is 0.433 e. The van der Waals surface area contributed by atoms with Crippen LogP contribution in [0.1, 0.15) is 36.3 Å². The van der Waals surface area contributed by atoms with E-state index in [1.54, 1.807) is 26.0 Å². The van der Waals surface area contributed by atoms with Crippen LogP contribution >= 0.6 is 0 Å². The summed E-state index contributed by atoms with van der Waals surface area (Å²) in [5.41, 5.74) is -2.12. The Hall–Kier alpha value is -3.74. The minimum absolute atomic E-state index is 0.0180. The van der Waals surface area contributed by atoms with E-state index in [9.17, 15) is 18.0 Å². The molecule has 10 heteroatoms. The first-order chi connectivity index (χ1) is 15.1. The normalized spacial score (nSPS) is 13.3. The number of nitrogens with one attached hydrogen (secondary N) is 1. The van der Waals surface area contributed by atoms with Gasteiger partial charge < -0.3 is 14.8 Å². The average molecular weight is 446 g/mol. The topological polar surface area (TPSA) is 77.8 Å². The van der Waals surface area contributed by atoms with Gasteiger partial charge in [-0.1, -0.05) is 12.8 Å². The van der Waals surface area contributed by atoms with E-state index in [2.05, 4.69) is 21.3 Å². The molecule has 0 saturated carbocycles. The molecular weight excluding hydrogens is 425 g/mol. The van der Waals surface area contributed by atoms with Gasteiger partial charge in [0.1, 0.15) is 5.56 Å². The van der Waals surface area contributed by atoms with Crippen molar-refractivity contribution in [2.75, 3.05) is 14.2 Å². The van der Waals surface area contributed by atoms with Crippen molar-refractivity contribution in [2.45, 2.75) is 32.0 Å². The third-order valence-corrected chi connectivity index (χ3v) is 5.10. The summed E-state index contributed by atoms with van der Waals surface area (Å²) < 4.78 is 52.4. The number of rotatable bonds is 6. The molecule has 3 rings (SSSR count). The highest BCUT2D eigenvalue weighted by atomic mass is 19.4. The number of benzene rings is 1. The summed E-state index contributed by atoms with van der Waals surface area (Å²) in [4.78, 5) is 17.1. The fourth-order valence-electron chi connectivity index (χ4n) is 3.01. The molecule has 1 N–H and O–H groups in total. The minimum Gasteiger partial charge on any atom is -0.493 e. The van der Waals surface area contributed by atoms with Crippen LogP contribution in [-0.2, 0) is 6.18 Å². The number of amides is 1. The van der Waals surface area contributed by atoms with Crippen LogP contribution in [0.2, 0.25) is 0 Å². The Morgan fingerprint density at radius 3 is 2.47 bits per heavy atom. The first-order valence-electron chi connectivity index (χ1n) is 9.55. The van der Waals surface area contributed by atoms with Crippen LogP contribution in [0, 0.1) is 12.3 Å². The van der Waals surface area contributed by atoms with E-state index in [1.807, 2.05) is 0 Å². The van der Waals surface area contributed by atoms with Crippen molar-refractivity contribution >= 4 is 11.6 Å². The summed E-state index contributed by atoms with van der Waals surface area (Å²) >= 11 is 0. The largest absolute Gasteiger partial charge is 0.493 e. The van der Waals surface area contributed by atoms with E-state index < -0.39 is 23.3 Å². The summed E-state index contributed by atoms with van der Waals surface area (Å²) in [7, 11) is 2.86. The highest BCUT2D eigenvalue weighted by Gasteiger charge is 2.36. The molecule has 168 valence electrons. The van der Waals surface area contributed by atoms with Crippen molar-refractivity contribution in [3.05, 3.63) is 41.7 Å². The van der Waals surface area contributed by atoms with Gasteiger partial charge in [0.2, 0.25) is 0 Å². The highest BCUT2D eigenvalue weighted by molar-refractivity contribution is 6.00. The van der Waals surface area contributed by atoms with E-state index in [0.717, 1.165) is 12.3 Å². The molecule has 3 aromatic rings. The summed E-state index contributed by atoms with van der Waals surface area (Å²) in [5, 5.41) is 6.41. The lowest BCUT2D eigenvalue weighted by molar-refractivity contribution is -0.142. The van der Waals surface area contributed by atoms with E-state index in [4.69, 9.17) is 15.9 Å². The van der Waals surface area contributed by atoms with Gasteiger partial charge in [-0.05, 0) is 37.6 Å². The maximum absolute atomic E-state index is 13.8. The predicted octanol–water partition coefficient (Wildman–Crippen LogP) is 3.96. The molecule has 0 aliphatic carbocycles. The maximum Gasteiger partial charge on any atom is 0.433 e. The molecule has 2 heterocycles. The lowest BCUT2D eigenvalue weighted by atomic mass is 10.00. The van der Waals surface area contributed by atoms with Gasteiger partial charge in [0.25, 0.3) is 5.91 Å². The molecular formula is C22H21F3N4O3. The maximum atomic E-state index is 13.8. The predicted molar refractivity (Wildman–Crippen MR) is 112 cm³/mol. The third kappa shape index (κ3) is 4.19. The molecule has 1 atom stereocenters. The van der Waals surface area contributed by atoms with Crippen molar-refractivity contribution in [3.63, 3.8) is 0 Å². The van der Waals surface area contributed by atoms with Crippen LogP contribution in [0.4, 0.5) is 13.2 Å². The van der Waals surface area contributed by atoms with Crippen LogP contribution in [-0.4, -0.2) is 40.3 Å². The summed E-state index contributed by atoms with van der Waals surface area (Å²) in [6, 6.07) is 5.46. The highest BCUT2D eigenvalue weighted by Crippen LogP contribution is 2.35. The second-order valence-corrected chi connectivity index (χ2v) is 7.17. The number of alkyl halides is 3. The molecule has 0 saturated heterocycles. The third-order valence-electron chi connectivity index (χ3n) is 5.10. The standard InChI is InChI=1S/C22H21F3N4O3/c1-6-21(3,7-2)28-20(30)14-12-26-29-18(22(23,24)25)11-15(27-19(14)29)13-8-9-16(31-4)17(10-13)32-5/h1,8-12H,7H2,2-5H3,(H,28,30)/t21-/m0/s1. The lowest BCUT2D eigenvalue weighted by Gasteiger charge is -2.23. The Kier molecular flexibility index (Phi) is 6.03. The number of carbonyl (C=O) groups is 1. The van der Waals surface area contributed by atoms with Gasteiger partial charge >= 0.3 is 6.18 Å². The zero-order valence-corrected chi connectivity index (χ0v) is 17.9. The zero-order valence-electron chi connectivity index (χ0n) is 17.9. The molecule has 0 spiro atoms. The molecule has 0 fully saturated rings. The number of fused-ring (bicyclic) bond motifs is 1. The fourth-order valence-corrected chi connectivity index (χ4v) is 3.01. The fraction of sp³-hybridized carbons (Fsp3) is 0.318. The average Bonchev–Trinajstić information content (AvgIpc) is 3.21. The molecule has 2 aromatic heterocycles. The van der Waals surface area contributed by atoms with Crippen LogP contribution in [0.3, 0.4) is 0 Å². The van der Waals surface area contributed by atoms with E-state index in [0.29, 0.717) is 28.0 Å². The quantitative estimate of drug-likeness (QED) is 0.580. The first kappa shape index (κ1) is 22.9. The number of hydrogen-bond donors (Lipinski definition) is 1. The van der Waals surface area contributed by atoms with Crippen LogP contribution in [0.15, 0.2) is 30.5 Å². The number of ether oxygens (including phenoxy) is 2. The minimum atomic E-state index is -4.75. The van der Waals surface area contributed by atoms with Crippen LogP contribution in [0.5, 0.6) is 11.5 Å². The lowest BCUT2D eigenvalue weighted by Crippen LogP contribution is -2.44. The number of nitrogens with zero attached hydrogens (tertiary/aromatic N) is 3. The van der Waals surface area contributed by atoms with Crippen molar-refractivity contribution in [1.82, 2.24) is 19.9 Å². The second kappa shape index (κ2) is 8.42. The molecule has 0 radical (unpaired) electrons. The van der Waals surface area contributed by atoms with Gasteiger partial charge in [0, 0.05) is 5.56 Å². The number of aromatic nitrogens is 3. The molecule has 0 aliphatic heterocycles. The monoisotopic (exact) mass is 446 g/mol. The van der Waals surface area contributed by atoms with E-state index in [-0.39, 0.29) is 16.9 Å². The number of methoxy groups -OCH3 is 2. The first-order valence-corrected chi connectivity index (χ1v) is 9.55. The number of terminal acetylenes is 1. The number of carbonyl (C=O) groups excluding carboxylic acids is 1. The summed E-state index contributed by atoms with van der Waals surface area (Å²) in [6.07, 6.45) is 2.21. The SMILES string of the molecule is C#C[C@@](C)(CC)NC(=O)c1cnn2c(C(F)(F)F)cc(-c3ccc(OC)c(OC)c3)nc12. The Bertz CT molecular complexity index is 1210. The van der Waals surface area contributed by atoms with Crippen molar-refractivity contribution in [2.24, 2.45) is 0 Å². The summed E-state index contributed by atoms with van der Waals surface area (Å²) in [5.74, 6) is 2.53.